The number of hydrogen-bond donors (Lipinski definition) is 3. The number of carboxylic acids is 1. The summed E-state index contributed by atoms with van der Waals surface area (Å²) in [6, 6.07) is 11.7. The van der Waals surface area contributed by atoms with Crippen molar-refractivity contribution >= 4 is 68.5 Å². The van der Waals surface area contributed by atoms with Gasteiger partial charge in [0, 0.05) is 22.0 Å². The van der Waals surface area contributed by atoms with Crippen molar-refractivity contribution in [1.29, 1.82) is 0 Å². The minimum absolute atomic E-state index is 0.00627. The van der Waals surface area contributed by atoms with Crippen LogP contribution in [0.2, 0.25) is 5.02 Å². The molecule has 4 amide bonds. The fourth-order valence-electron chi connectivity index (χ4n) is 8.08. The second kappa shape index (κ2) is 10.7. The van der Waals surface area contributed by atoms with E-state index in [4.69, 9.17) is 11.6 Å². The Morgan fingerprint density at radius 2 is 1.62 bits per heavy atom. The molecule has 7 rings (SSSR count). The molecule has 3 aromatic carbocycles. The molecule has 0 aromatic heterocycles. The summed E-state index contributed by atoms with van der Waals surface area (Å²) < 4.78 is 14.7. The summed E-state index contributed by atoms with van der Waals surface area (Å²) in [5.41, 5.74) is -0.776. The van der Waals surface area contributed by atoms with Crippen LogP contribution in [0.1, 0.15) is 41.6 Å². The SMILES string of the molecule is C[C@@]12C(=O)N(c3ccc(F)c(Cl)c3)C(=O)[C@@H]1C[C@@H]1C(=CC[C@@H]3C(=O)N(c4ccc(C(=O)O)c(O)c4)C(=O)[C@@H]31)[C@@H]2c1cc(Br)ccc1O. The molecule has 6 atom stereocenters. The molecule has 0 unspecified atom stereocenters. The van der Waals surface area contributed by atoms with E-state index in [1.54, 1.807) is 19.1 Å². The predicted molar refractivity (Wildman–Crippen MR) is 169 cm³/mol. The van der Waals surface area contributed by atoms with Crippen molar-refractivity contribution in [2.75, 3.05) is 9.80 Å². The largest absolute Gasteiger partial charge is 0.508 e. The number of halogens is 3. The Bertz CT molecular complexity index is 2000. The second-order valence-corrected chi connectivity index (χ2v) is 13.8. The third kappa shape index (κ3) is 4.37. The first-order chi connectivity index (χ1) is 22.2. The molecule has 2 aliphatic carbocycles. The molecule has 3 fully saturated rings. The number of hydrogen-bond acceptors (Lipinski definition) is 7. The molecule has 240 valence electrons. The van der Waals surface area contributed by atoms with Crippen molar-refractivity contribution in [2.24, 2.45) is 29.1 Å². The maximum absolute atomic E-state index is 14.5. The predicted octanol–water partition coefficient (Wildman–Crippen LogP) is 5.79. The lowest BCUT2D eigenvalue weighted by Gasteiger charge is -2.49. The molecular weight excluding hydrogens is 699 g/mol. The van der Waals surface area contributed by atoms with Crippen LogP contribution in [0.15, 0.2) is 70.7 Å². The zero-order chi connectivity index (χ0) is 33.7. The Hall–Kier alpha value is -4.55. The van der Waals surface area contributed by atoms with E-state index >= 15 is 0 Å². The van der Waals surface area contributed by atoms with E-state index in [0.717, 1.165) is 28.0 Å². The summed E-state index contributed by atoms with van der Waals surface area (Å²) in [6.45, 7) is 1.65. The van der Waals surface area contributed by atoms with Crippen molar-refractivity contribution in [3.63, 3.8) is 0 Å². The van der Waals surface area contributed by atoms with Crippen LogP contribution < -0.4 is 9.80 Å². The maximum Gasteiger partial charge on any atom is 0.339 e. The normalized spacial score (nSPS) is 28.3. The highest BCUT2D eigenvalue weighted by molar-refractivity contribution is 9.10. The topological polar surface area (TPSA) is 153 Å². The van der Waals surface area contributed by atoms with Crippen LogP contribution in [0, 0.1) is 34.9 Å². The number of nitrogens with zero attached hydrogens (tertiary/aromatic N) is 2. The highest BCUT2D eigenvalue weighted by Gasteiger charge is 2.68. The Labute approximate surface area is 280 Å². The number of benzene rings is 3. The van der Waals surface area contributed by atoms with Gasteiger partial charge in [0.05, 0.1) is 39.6 Å². The van der Waals surface area contributed by atoms with E-state index in [9.17, 15) is 43.7 Å². The molecule has 0 spiro atoms. The van der Waals surface area contributed by atoms with Crippen molar-refractivity contribution in [3.8, 4) is 11.5 Å². The van der Waals surface area contributed by atoms with Crippen LogP contribution >= 0.6 is 27.5 Å². The Morgan fingerprint density at radius 1 is 0.915 bits per heavy atom. The average Bonchev–Trinajstić information content (AvgIpc) is 3.39. The number of imide groups is 2. The molecule has 0 radical (unpaired) electrons. The Balaban J connectivity index is 1.36. The first-order valence-electron chi connectivity index (χ1n) is 14.7. The number of anilines is 2. The molecule has 13 heteroatoms. The van der Waals surface area contributed by atoms with Crippen LogP contribution in [0.5, 0.6) is 11.5 Å². The number of rotatable bonds is 4. The van der Waals surface area contributed by atoms with Crippen molar-refractivity contribution in [3.05, 3.63) is 92.7 Å². The lowest BCUT2D eigenvalue weighted by molar-refractivity contribution is -0.131. The molecule has 2 heterocycles. The molecule has 47 heavy (non-hydrogen) atoms. The van der Waals surface area contributed by atoms with Crippen LogP contribution in [0.4, 0.5) is 15.8 Å². The molecule has 10 nitrogen and oxygen atoms in total. The summed E-state index contributed by atoms with van der Waals surface area (Å²) in [7, 11) is 0. The molecule has 2 saturated heterocycles. The van der Waals surface area contributed by atoms with Crippen LogP contribution in [0.25, 0.3) is 0 Å². The van der Waals surface area contributed by atoms with Gasteiger partial charge in [-0.2, -0.15) is 0 Å². The molecule has 3 N–H and O–H groups in total. The summed E-state index contributed by atoms with van der Waals surface area (Å²) in [4.78, 5) is 70.0. The van der Waals surface area contributed by atoms with E-state index in [1.807, 2.05) is 6.08 Å². The average molecular weight is 724 g/mol. The van der Waals surface area contributed by atoms with Crippen LogP contribution in [-0.2, 0) is 19.2 Å². The summed E-state index contributed by atoms with van der Waals surface area (Å²) in [5.74, 6) is -9.48. The van der Waals surface area contributed by atoms with E-state index < -0.39 is 81.7 Å². The van der Waals surface area contributed by atoms with Crippen LogP contribution in [0.3, 0.4) is 0 Å². The van der Waals surface area contributed by atoms with E-state index in [2.05, 4.69) is 15.9 Å². The number of amides is 4. The van der Waals surface area contributed by atoms with E-state index in [-0.39, 0.29) is 35.0 Å². The van der Waals surface area contributed by atoms with Gasteiger partial charge in [-0.05, 0) is 74.2 Å². The van der Waals surface area contributed by atoms with Gasteiger partial charge in [-0.1, -0.05) is 39.2 Å². The zero-order valence-corrected chi connectivity index (χ0v) is 26.8. The van der Waals surface area contributed by atoms with Gasteiger partial charge in [0.2, 0.25) is 23.6 Å². The number of carboxylic acid groups (broad SMARTS) is 1. The maximum atomic E-state index is 14.5. The smallest absolute Gasteiger partial charge is 0.339 e. The van der Waals surface area contributed by atoms with Gasteiger partial charge < -0.3 is 15.3 Å². The summed E-state index contributed by atoms with van der Waals surface area (Å²) in [6.07, 6.45) is 1.97. The Kier molecular flexibility index (Phi) is 7.10. The highest BCUT2D eigenvalue weighted by Crippen LogP contribution is 2.64. The Morgan fingerprint density at radius 3 is 2.30 bits per heavy atom. The number of aromatic hydroxyl groups is 2. The van der Waals surface area contributed by atoms with E-state index in [0.29, 0.717) is 15.6 Å². The zero-order valence-electron chi connectivity index (χ0n) is 24.5. The summed E-state index contributed by atoms with van der Waals surface area (Å²) >= 11 is 9.48. The molecule has 2 aliphatic heterocycles. The number of fused-ring (bicyclic) bond motifs is 4. The quantitative estimate of drug-likeness (QED) is 0.226. The lowest BCUT2D eigenvalue weighted by Crippen LogP contribution is -2.48. The molecule has 1 saturated carbocycles. The second-order valence-electron chi connectivity index (χ2n) is 12.5. The standard InChI is InChI=1S/C34H25BrClFN2O8/c1-34-22(30(43)39(33(34)47)15-4-8-24(37)23(36)11-15)13-20-17(28(34)21-10-14(35)2-9-25(21)40)6-7-19-27(20)31(44)38(29(19)42)16-3-5-18(32(45)46)26(41)12-16/h2-6,8-12,19-20,22,27-28,40-41H,7,13H2,1H3,(H,45,46)/t19-,20+,22-,27-,28+,34+/m0/s1. The van der Waals surface area contributed by atoms with Crippen molar-refractivity contribution < 1.29 is 43.7 Å². The first kappa shape index (κ1) is 31.1. The number of aromatic carboxylic acids is 1. The van der Waals surface area contributed by atoms with Gasteiger partial charge >= 0.3 is 5.97 Å². The van der Waals surface area contributed by atoms with Crippen LogP contribution in [-0.4, -0.2) is 44.9 Å². The third-order valence-corrected chi connectivity index (χ3v) is 11.0. The van der Waals surface area contributed by atoms with Crippen molar-refractivity contribution in [1.82, 2.24) is 0 Å². The molecular formula is C34H25BrClFN2O8. The fraction of sp³-hybridized carbons (Fsp3) is 0.265. The fourth-order valence-corrected chi connectivity index (χ4v) is 8.63. The molecule has 3 aromatic rings. The van der Waals surface area contributed by atoms with Gasteiger partial charge in [-0.3, -0.25) is 19.2 Å². The van der Waals surface area contributed by atoms with Gasteiger partial charge in [0.25, 0.3) is 0 Å². The van der Waals surface area contributed by atoms with Gasteiger partial charge in [-0.25, -0.2) is 19.0 Å². The highest BCUT2D eigenvalue weighted by atomic mass is 79.9. The minimum atomic E-state index is -1.45. The number of allylic oxidation sites excluding steroid dienone is 2. The van der Waals surface area contributed by atoms with Gasteiger partial charge in [0.15, 0.2) is 0 Å². The first-order valence-corrected chi connectivity index (χ1v) is 15.9. The molecule has 4 aliphatic rings. The van der Waals surface area contributed by atoms with E-state index in [1.165, 1.54) is 24.3 Å². The number of carbonyl (C=O) groups is 5. The minimum Gasteiger partial charge on any atom is -0.508 e. The third-order valence-electron chi connectivity index (χ3n) is 10.2. The van der Waals surface area contributed by atoms with Gasteiger partial charge in [0.1, 0.15) is 22.9 Å². The number of phenols is 2. The summed E-state index contributed by atoms with van der Waals surface area (Å²) in [5, 5.41) is 30.5. The number of carbonyl (C=O) groups excluding carboxylic acids is 4. The molecule has 0 bridgehead atoms. The lowest BCUT2D eigenvalue weighted by atomic mass is 9.51. The van der Waals surface area contributed by atoms with Crippen molar-refractivity contribution in [2.45, 2.75) is 25.7 Å². The number of phenolic OH excluding ortho intramolecular Hbond substituents is 1. The van der Waals surface area contributed by atoms with Gasteiger partial charge in [-0.15, -0.1) is 0 Å². The monoisotopic (exact) mass is 722 g/mol.